The Kier molecular flexibility index (Phi) is 3.82. The number of hydrogen-bond donors (Lipinski definition) is 0. The van der Waals surface area contributed by atoms with Crippen molar-refractivity contribution >= 4 is 7.85 Å². The van der Waals surface area contributed by atoms with Crippen molar-refractivity contribution in [3.05, 3.63) is 48.0 Å². The van der Waals surface area contributed by atoms with E-state index in [-0.39, 0.29) is 0 Å². The fourth-order valence-corrected chi connectivity index (χ4v) is 1.22. The summed E-state index contributed by atoms with van der Waals surface area (Å²) < 4.78 is 0. The highest BCUT2D eigenvalue weighted by Crippen LogP contribution is 2.15. The molecule has 0 amide bonds. The normalized spacial score (nSPS) is 21.0. The van der Waals surface area contributed by atoms with Gasteiger partial charge in [-0.3, -0.25) is 0 Å². The minimum Gasteiger partial charge on any atom is -0.124 e. The van der Waals surface area contributed by atoms with Crippen molar-refractivity contribution < 1.29 is 0 Å². The Morgan fingerprint density at radius 1 is 1.54 bits per heavy atom. The first-order valence-electron chi connectivity index (χ1n) is 4.67. The second kappa shape index (κ2) is 4.91. The van der Waals surface area contributed by atoms with Gasteiger partial charge in [0, 0.05) is 0 Å². The van der Waals surface area contributed by atoms with Crippen LogP contribution in [-0.4, -0.2) is 7.85 Å². The van der Waals surface area contributed by atoms with Crippen molar-refractivity contribution in [1.82, 2.24) is 0 Å². The summed E-state index contributed by atoms with van der Waals surface area (Å²) in [4.78, 5) is 0. The molecule has 0 saturated heterocycles. The number of hydrogen-bond acceptors (Lipinski definition) is 0. The van der Waals surface area contributed by atoms with Crippen LogP contribution in [0, 0.1) is 5.92 Å². The molecule has 0 saturated carbocycles. The van der Waals surface area contributed by atoms with Crippen molar-refractivity contribution in [3.63, 3.8) is 0 Å². The molecular formula is C12H15B. The summed E-state index contributed by atoms with van der Waals surface area (Å²) in [6.45, 7) is 5.86. The molecule has 1 aliphatic rings. The Labute approximate surface area is 82.1 Å². The van der Waals surface area contributed by atoms with Crippen LogP contribution in [0.3, 0.4) is 0 Å². The van der Waals surface area contributed by atoms with Crippen LogP contribution in [0.2, 0.25) is 0 Å². The molecule has 0 N–H and O–H groups in total. The van der Waals surface area contributed by atoms with Crippen molar-refractivity contribution in [2.45, 2.75) is 19.8 Å². The first-order chi connectivity index (χ1) is 6.18. The first-order valence-corrected chi connectivity index (χ1v) is 4.67. The molecule has 13 heavy (non-hydrogen) atoms. The molecule has 0 nitrogen and oxygen atoms in total. The van der Waals surface area contributed by atoms with Gasteiger partial charge in [0.15, 0.2) is 0 Å². The molecule has 2 radical (unpaired) electrons. The van der Waals surface area contributed by atoms with E-state index in [4.69, 9.17) is 7.85 Å². The highest BCUT2D eigenvalue weighted by molar-refractivity contribution is 6.21. The Hall–Kier alpha value is -0.975. The Bertz CT molecular complexity index is 269. The third kappa shape index (κ3) is 3.98. The maximum atomic E-state index is 5.51. The van der Waals surface area contributed by atoms with Crippen LogP contribution in [0.15, 0.2) is 48.0 Å². The quantitative estimate of drug-likeness (QED) is 0.570. The van der Waals surface area contributed by atoms with E-state index in [1.165, 1.54) is 5.57 Å². The predicted octanol–water partition coefficient (Wildman–Crippen LogP) is 3.14. The second-order valence-corrected chi connectivity index (χ2v) is 3.50. The van der Waals surface area contributed by atoms with Crippen molar-refractivity contribution in [2.24, 2.45) is 5.92 Å². The molecule has 0 aromatic heterocycles. The largest absolute Gasteiger partial charge is 0.124 e. The minimum atomic E-state index is 0.537. The van der Waals surface area contributed by atoms with Gasteiger partial charge >= 0.3 is 0 Å². The molecule has 0 fully saturated rings. The van der Waals surface area contributed by atoms with Gasteiger partial charge in [0.1, 0.15) is 7.85 Å². The van der Waals surface area contributed by atoms with E-state index in [1.54, 1.807) is 0 Å². The maximum absolute atomic E-state index is 5.51. The molecule has 0 aliphatic heterocycles. The minimum absolute atomic E-state index is 0.537. The molecule has 1 rings (SSSR count). The van der Waals surface area contributed by atoms with E-state index >= 15 is 0 Å². The molecule has 1 aliphatic carbocycles. The van der Waals surface area contributed by atoms with Gasteiger partial charge in [-0.1, -0.05) is 37.3 Å². The molecule has 0 heterocycles. The third-order valence-electron chi connectivity index (χ3n) is 2.07. The van der Waals surface area contributed by atoms with Gasteiger partial charge in [0.05, 0.1) is 0 Å². The number of rotatable bonds is 3. The Balaban J connectivity index is 2.51. The summed E-state index contributed by atoms with van der Waals surface area (Å²) in [7, 11) is 5.51. The van der Waals surface area contributed by atoms with Crippen molar-refractivity contribution in [2.75, 3.05) is 0 Å². The standard InChI is InChI=1S/C12H15B/c1-10-4-3-5-12(8-6-10)9-7-11(2)13/h3-6,8,10H,2,7,9H2,1H3. The van der Waals surface area contributed by atoms with Gasteiger partial charge in [0.25, 0.3) is 0 Å². The average Bonchev–Trinajstić information content (AvgIpc) is 2.27. The van der Waals surface area contributed by atoms with Gasteiger partial charge in [-0.05, 0) is 24.3 Å². The lowest BCUT2D eigenvalue weighted by Crippen LogP contribution is -1.83. The van der Waals surface area contributed by atoms with E-state index in [0.29, 0.717) is 5.92 Å². The van der Waals surface area contributed by atoms with Crippen LogP contribution in [0.1, 0.15) is 19.8 Å². The lowest BCUT2D eigenvalue weighted by molar-refractivity contribution is 0.936. The van der Waals surface area contributed by atoms with Crippen LogP contribution < -0.4 is 0 Å². The first kappa shape index (κ1) is 10.1. The van der Waals surface area contributed by atoms with E-state index in [1.807, 2.05) is 0 Å². The van der Waals surface area contributed by atoms with E-state index in [0.717, 1.165) is 18.3 Å². The van der Waals surface area contributed by atoms with Gasteiger partial charge in [-0.15, -0.1) is 12.1 Å². The Morgan fingerprint density at radius 2 is 2.31 bits per heavy atom. The topological polar surface area (TPSA) is 0 Å². The molecular weight excluding hydrogens is 155 g/mol. The fourth-order valence-electron chi connectivity index (χ4n) is 1.22. The second-order valence-electron chi connectivity index (χ2n) is 3.50. The van der Waals surface area contributed by atoms with Crippen LogP contribution in [0.5, 0.6) is 0 Å². The average molecular weight is 170 g/mol. The van der Waals surface area contributed by atoms with Crippen molar-refractivity contribution in [3.8, 4) is 0 Å². The number of allylic oxidation sites excluding steroid dienone is 7. The summed E-state index contributed by atoms with van der Waals surface area (Å²) in [5.41, 5.74) is 2.09. The van der Waals surface area contributed by atoms with Crippen molar-refractivity contribution in [1.29, 1.82) is 0 Å². The van der Waals surface area contributed by atoms with E-state index < -0.39 is 0 Å². The predicted molar refractivity (Wildman–Crippen MR) is 59.7 cm³/mol. The highest BCUT2D eigenvalue weighted by atomic mass is 14.0. The zero-order chi connectivity index (χ0) is 9.68. The van der Waals surface area contributed by atoms with Gasteiger partial charge < -0.3 is 0 Å². The summed E-state index contributed by atoms with van der Waals surface area (Å²) in [5.74, 6) is 0.537. The monoisotopic (exact) mass is 170 g/mol. The molecule has 0 bridgehead atoms. The smallest absolute Gasteiger partial charge is 0.106 e. The molecule has 1 atom stereocenters. The molecule has 66 valence electrons. The lowest BCUT2D eigenvalue weighted by atomic mass is 9.91. The third-order valence-corrected chi connectivity index (χ3v) is 2.07. The van der Waals surface area contributed by atoms with Gasteiger partial charge in [0.2, 0.25) is 0 Å². The van der Waals surface area contributed by atoms with Crippen LogP contribution in [0.4, 0.5) is 0 Å². The molecule has 1 unspecified atom stereocenters. The maximum Gasteiger partial charge on any atom is 0.106 e. The summed E-state index contributed by atoms with van der Waals surface area (Å²) in [5, 5.41) is 0. The molecule has 0 spiro atoms. The fraction of sp³-hybridized carbons (Fsp3) is 0.333. The molecule has 0 aromatic carbocycles. The molecule has 0 aromatic rings. The zero-order valence-corrected chi connectivity index (χ0v) is 8.16. The SMILES string of the molecule is [B]C(=C)CCC1=CC=CC(C)C=C1. The van der Waals surface area contributed by atoms with E-state index in [2.05, 4.69) is 43.9 Å². The Morgan fingerprint density at radius 3 is 3.00 bits per heavy atom. The van der Waals surface area contributed by atoms with Crippen LogP contribution in [0.25, 0.3) is 0 Å². The molecule has 1 heteroatoms. The summed E-state index contributed by atoms with van der Waals surface area (Å²) in [6.07, 6.45) is 12.7. The zero-order valence-electron chi connectivity index (χ0n) is 8.16. The van der Waals surface area contributed by atoms with Gasteiger partial charge in [-0.2, -0.15) is 0 Å². The summed E-state index contributed by atoms with van der Waals surface area (Å²) in [6, 6.07) is 0. The lowest BCUT2D eigenvalue weighted by Gasteiger charge is -2.00. The summed E-state index contributed by atoms with van der Waals surface area (Å²) >= 11 is 0. The van der Waals surface area contributed by atoms with Crippen LogP contribution in [-0.2, 0) is 0 Å². The van der Waals surface area contributed by atoms with Crippen LogP contribution >= 0.6 is 0 Å². The van der Waals surface area contributed by atoms with E-state index in [9.17, 15) is 0 Å². The van der Waals surface area contributed by atoms with Gasteiger partial charge in [-0.25, -0.2) is 0 Å². The highest BCUT2D eigenvalue weighted by Gasteiger charge is 1.97.